The Labute approximate surface area is 166 Å². The van der Waals surface area contributed by atoms with E-state index in [4.69, 9.17) is 4.74 Å². The first-order valence-corrected chi connectivity index (χ1v) is 9.24. The van der Waals surface area contributed by atoms with Crippen molar-refractivity contribution in [2.75, 3.05) is 29.1 Å². The van der Waals surface area contributed by atoms with E-state index >= 15 is 0 Å². The Morgan fingerprint density at radius 3 is 2.36 bits per heavy atom. The van der Waals surface area contributed by atoms with Crippen LogP contribution >= 0.6 is 0 Å². The predicted octanol–water partition coefficient (Wildman–Crippen LogP) is 4.29. The molecule has 0 unspecified atom stereocenters. The van der Waals surface area contributed by atoms with Gasteiger partial charge in [-0.05, 0) is 42.3 Å². The maximum absolute atomic E-state index is 12.2. The first kappa shape index (κ1) is 21.0. The average molecular weight is 381 g/mol. The van der Waals surface area contributed by atoms with Gasteiger partial charge in [0.15, 0.2) is 0 Å². The monoisotopic (exact) mass is 381 g/mol. The quantitative estimate of drug-likeness (QED) is 0.537. The minimum Gasteiger partial charge on any atom is -0.487 e. The van der Waals surface area contributed by atoms with Crippen LogP contribution in [0.3, 0.4) is 0 Å². The normalized spacial score (nSPS) is 10.2. The van der Waals surface area contributed by atoms with E-state index in [-0.39, 0.29) is 18.4 Å². The Morgan fingerprint density at radius 2 is 1.68 bits per heavy atom. The van der Waals surface area contributed by atoms with Gasteiger partial charge in [0, 0.05) is 17.8 Å². The van der Waals surface area contributed by atoms with Crippen molar-refractivity contribution >= 4 is 28.9 Å². The van der Waals surface area contributed by atoms with Gasteiger partial charge in [-0.3, -0.25) is 9.59 Å². The second-order valence-corrected chi connectivity index (χ2v) is 6.72. The molecule has 0 aliphatic rings. The van der Waals surface area contributed by atoms with Gasteiger partial charge in [-0.1, -0.05) is 38.6 Å². The van der Waals surface area contributed by atoms with Crippen LogP contribution in [0.1, 0.15) is 20.3 Å². The summed E-state index contributed by atoms with van der Waals surface area (Å²) in [6.45, 7) is 8.09. The number of ether oxygens (including phenoxy) is 1. The van der Waals surface area contributed by atoms with Crippen molar-refractivity contribution in [3.63, 3.8) is 0 Å². The van der Waals surface area contributed by atoms with Crippen LogP contribution in [0, 0.1) is 5.92 Å². The summed E-state index contributed by atoms with van der Waals surface area (Å²) in [5, 5.41) is 8.74. The van der Waals surface area contributed by atoms with Crippen LogP contribution in [0.2, 0.25) is 0 Å². The minimum atomic E-state index is -0.191. The maximum Gasteiger partial charge on any atom is 0.243 e. The van der Waals surface area contributed by atoms with E-state index in [0.717, 1.165) is 11.4 Å². The third-order valence-corrected chi connectivity index (χ3v) is 3.73. The number of anilines is 3. The summed E-state index contributed by atoms with van der Waals surface area (Å²) in [6.07, 6.45) is 2.13. The second-order valence-electron chi connectivity index (χ2n) is 6.72. The van der Waals surface area contributed by atoms with Crippen LogP contribution in [0.15, 0.2) is 61.2 Å². The van der Waals surface area contributed by atoms with Crippen LogP contribution in [0.4, 0.5) is 17.1 Å². The first-order valence-electron chi connectivity index (χ1n) is 9.24. The zero-order valence-corrected chi connectivity index (χ0v) is 16.3. The molecule has 0 aromatic heterocycles. The summed E-state index contributed by atoms with van der Waals surface area (Å²) in [4.78, 5) is 24.0. The Morgan fingerprint density at radius 1 is 1.00 bits per heavy atom. The van der Waals surface area contributed by atoms with Crippen LogP contribution in [0.5, 0.6) is 5.75 Å². The highest BCUT2D eigenvalue weighted by Gasteiger charge is 2.08. The SMILES string of the molecule is C=CCOc1ccccc1NC(=O)CNc1ccc(NC(=O)CC(C)C)cc1. The fraction of sp³-hybridized carbons (Fsp3) is 0.273. The number of hydrogen-bond acceptors (Lipinski definition) is 4. The van der Waals surface area contributed by atoms with Gasteiger partial charge in [0.2, 0.25) is 11.8 Å². The third-order valence-electron chi connectivity index (χ3n) is 3.73. The number of hydrogen-bond donors (Lipinski definition) is 3. The van der Waals surface area contributed by atoms with Gasteiger partial charge < -0.3 is 20.7 Å². The summed E-state index contributed by atoms with van der Waals surface area (Å²) in [7, 11) is 0. The lowest BCUT2D eigenvalue weighted by molar-refractivity contribution is -0.117. The Kier molecular flexibility index (Phi) is 8.09. The first-order chi connectivity index (χ1) is 13.5. The molecular formula is C22H27N3O3. The Bertz CT molecular complexity index is 801. The molecule has 0 saturated heterocycles. The number of benzene rings is 2. The lowest BCUT2D eigenvalue weighted by Gasteiger charge is -2.12. The lowest BCUT2D eigenvalue weighted by atomic mass is 10.1. The second kappa shape index (κ2) is 10.8. The molecule has 148 valence electrons. The molecule has 0 aliphatic carbocycles. The van der Waals surface area contributed by atoms with Gasteiger partial charge in [0.05, 0.1) is 12.2 Å². The van der Waals surface area contributed by atoms with Gasteiger partial charge in [-0.15, -0.1) is 0 Å². The molecule has 0 heterocycles. The van der Waals surface area contributed by atoms with Crippen molar-refractivity contribution in [1.82, 2.24) is 0 Å². The molecule has 28 heavy (non-hydrogen) atoms. The van der Waals surface area contributed by atoms with Crippen LogP contribution in [0.25, 0.3) is 0 Å². The van der Waals surface area contributed by atoms with E-state index in [9.17, 15) is 9.59 Å². The molecule has 2 rings (SSSR count). The van der Waals surface area contributed by atoms with Gasteiger partial charge in [-0.25, -0.2) is 0 Å². The molecule has 0 fully saturated rings. The van der Waals surface area contributed by atoms with Crippen LogP contribution in [-0.2, 0) is 9.59 Å². The summed E-state index contributed by atoms with van der Waals surface area (Å²) < 4.78 is 5.53. The molecule has 2 amide bonds. The van der Waals surface area contributed by atoms with E-state index in [1.165, 1.54) is 0 Å². The molecule has 0 spiro atoms. The smallest absolute Gasteiger partial charge is 0.243 e. The number of carbonyl (C=O) groups excluding carboxylic acids is 2. The van der Waals surface area contributed by atoms with Crippen molar-refractivity contribution in [1.29, 1.82) is 0 Å². The largest absolute Gasteiger partial charge is 0.487 e. The summed E-state index contributed by atoms with van der Waals surface area (Å²) >= 11 is 0. The minimum absolute atomic E-state index is 0.00701. The van der Waals surface area contributed by atoms with E-state index in [1.807, 2.05) is 38.1 Å². The fourth-order valence-corrected chi connectivity index (χ4v) is 2.48. The van der Waals surface area contributed by atoms with Crippen LogP contribution in [-0.4, -0.2) is 25.0 Å². The molecule has 3 N–H and O–H groups in total. The van der Waals surface area contributed by atoms with Crippen molar-refractivity contribution in [2.45, 2.75) is 20.3 Å². The van der Waals surface area contributed by atoms with Gasteiger partial charge >= 0.3 is 0 Å². The van der Waals surface area contributed by atoms with E-state index in [1.54, 1.807) is 30.3 Å². The number of carbonyl (C=O) groups is 2. The predicted molar refractivity (Wildman–Crippen MR) is 114 cm³/mol. The van der Waals surface area contributed by atoms with Crippen molar-refractivity contribution in [3.05, 3.63) is 61.2 Å². The van der Waals surface area contributed by atoms with E-state index in [2.05, 4.69) is 22.5 Å². The van der Waals surface area contributed by atoms with Crippen LogP contribution < -0.4 is 20.7 Å². The zero-order chi connectivity index (χ0) is 20.4. The molecule has 0 atom stereocenters. The molecule has 0 saturated carbocycles. The van der Waals surface area contributed by atoms with E-state index in [0.29, 0.717) is 30.4 Å². The highest BCUT2D eigenvalue weighted by atomic mass is 16.5. The lowest BCUT2D eigenvalue weighted by Crippen LogP contribution is -2.22. The average Bonchev–Trinajstić information content (AvgIpc) is 2.66. The van der Waals surface area contributed by atoms with Crippen molar-refractivity contribution in [3.8, 4) is 5.75 Å². The van der Waals surface area contributed by atoms with Gasteiger partial charge in [-0.2, -0.15) is 0 Å². The van der Waals surface area contributed by atoms with Gasteiger partial charge in [0.1, 0.15) is 12.4 Å². The number of rotatable bonds is 10. The summed E-state index contributed by atoms with van der Waals surface area (Å²) in [6, 6.07) is 14.5. The third kappa shape index (κ3) is 7.15. The number of nitrogens with one attached hydrogen (secondary N) is 3. The van der Waals surface area contributed by atoms with Crippen molar-refractivity contribution < 1.29 is 14.3 Å². The molecule has 0 aliphatic heterocycles. The fourth-order valence-electron chi connectivity index (χ4n) is 2.48. The molecule has 6 heteroatoms. The molecule has 2 aromatic rings. The molecule has 0 bridgehead atoms. The summed E-state index contributed by atoms with van der Waals surface area (Å²) in [5.41, 5.74) is 2.13. The molecule has 0 radical (unpaired) electrons. The van der Waals surface area contributed by atoms with Gasteiger partial charge in [0.25, 0.3) is 0 Å². The molecule has 2 aromatic carbocycles. The molecule has 6 nitrogen and oxygen atoms in total. The Balaban J connectivity index is 1.84. The number of amides is 2. The van der Waals surface area contributed by atoms with E-state index < -0.39 is 0 Å². The highest BCUT2D eigenvalue weighted by molar-refractivity contribution is 5.95. The van der Waals surface area contributed by atoms with Crippen molar-refractivity contribution in [2.24, 2.45) is 5.92 Å². The maximum atomic E-state index is 12.2. The topological polar surface area (TPSA) is 79.5 Å². The molecular weight excluding hydrogens is 354 g/mol. The summed E-state index contributed by atoms with van der Waals surface area (Å²) in [5.74, 6) is 0.709. The Hall–Kier alpha value is -3.28. The zero-order valence-electron chi connectivity index (χ0n) is 16.3. The number of para-hydroxylation sites is 2. The standard InChI is InChI=1S/C22H27N3O3/c1-4-13-28-20-8-6-5-7-19(20)25-22(27)15-23-17-9-11-18(12-10-17)24-21(26)14-16(2)3/h4-12,16,23H,1,13-15H2,2-3H3,(H,24,26)(H,25,27). The highest BCUT2D eigenvalue weighted by Crippen LogP contribution is 2.23.